The second kappa shape index (κ2) is 2.97. The lowest BCUT2D eigenvalue weighted by atomic mass is 10.3. The summed E-state index contributed by atoms with van der Waals surface area (Å²) in [6.07, 6.45) is 1.31. The molecule has 0 heterocycles. The van der Waals surface area contributed by atoms with Crippen LogP contribution in [0.1, 0.15) is 6.92 Å². The van der Waals surface area contributed by atoms with Crippen LogP contribution in [-0.4, -0.2) is 11.6 Å². The Labute approximate surface area is 42.9 Å². The van der Waals surface area contributed by atoms with Gasteiger partial charge >= 0.3 is 0 Å². The van der Waals surface area contributed by atoms with Gasteiger partial charge in [0.15, 0.2) is 0 Å². The van der Waals surface area contributed by atoms with Gasteiger partial charge in [-0.3, -0.25) is 0 Å². The molecule has 2 heteroatoms. The van der Waals surface area contributed by atoms with Crippen molar-refractivity contribution in [2.75, 3.05) is 0 Å². The second-order valence-electron chi connectivity index (χ2n) is 1.16. The Morgan fingerprint density at radius 1 is 1.83 bits per heavy atom. The molecule has 1 N–H and O–H groups in total. The van der Waals surface area contributed by atoms with Crippen LogP contribution in [0, 0.1) is 11.3 Å². The zero-order valence-electron chi connectivity index (χ0n) is 3.64. The van der Waals surface area contributed by atoms with Gasteiger partial charge in [-0.05, 0) is 5.37 Å². The first-order valence-electron chi connectivity index (χ1n) is 1.77. The molecule has 0 amide bonds. The lowest BCUT2D eigenvalue weighted by molar-refractivity contribution is 1.12. The van der Waals surface area contributed by atoms with Gasteiger partial charge in [0.05, 0.1) is 0 Å². The van der Waals surface area contributed by atoms with E-state index >= 15 is 0 Å². The smallest absolute Gasteiger partial charge is 0.0191 e. The molecule has 6 heavy (non-hydrogen) atoms. The number of hydrogen-bond acceptors (Lipinski definition) is 2. The Morgan fingerprint density at radius 3 is 2.33 bits per heavy atom. The summed E-state index contributed by atoms with van der Waals surface area (Å²) in [5.74, 6) is 0.167. The highest BCUT2D eigenvalue weighted by molar-refractivity contribution is 7.79. The highest BCUT2D eigenvalue weighted by Gasteiger charge is 1.82. The van der Waals surface area contributed by atoms with Gasteiger partial charge in [-0.2, -0.15) is 0 Å². The van der Waals surface area contributed by atoms with E-state index in [0.29, 0.717) is 0 Å². The van der Waals surface area contributed by atoms with Crippen molar-refractivity contribution in [2.45, 2.75) is 6.92 Å². The van der Waals surface area contributed by atoms with Crippen molar-refractivity contribution in [3.63, 3.8) is 0 Å². The molecule has 34 valence electrons. The zero-order chi connectivity index (χ0) is 4.99. The van der Waals surface area contributed by atoms with Crippen molar-refractivity contribution in [3.8, 4) is 0 Å². The predicted molar refractivity (Wildman–Crippen MR) is 31.6 cm³/mol. The Kier molecular flexibility index (Phi) is 2.85. The van der Waals surface area contributed by atoms with E-state index in [2.05, 4.69) is 12.2 Å². The molecule has 0 fully saturated rings. The molecule has 0 rings (SSSR count). The molecule has 0 saturated carbocycles. The summed E-state index contributed by atoms with van der Waals surface area (Å²) in [7, 11) is 0. The summed E-state index contributed by atoms with van der Waals surface area (Å²) in [5.41, 5.74) is 0. The first-order valence-corrected chi connectivity index (χ1v) is 2.24. The number of hydrogen-bond donors (Lipinski definition) is 1. The average molecular weight is 101 g/mol. The molecular weight excluding hydrogens is 94.1 g/mol. The van der Waals surface area contributed by atoms with Crippen molar-refractivity contribution < 1.29 is 0 Å². The van der Waals surface area contributed by atoms with Crippen molar-refractivity contribution in [2.24, 2.45) is 5.92 Å². The molecule has 0 aromatic carbocycles. The van der Waals surface area contributed by atoms with Gasteiger partial charge in [0.25, 0.3) is 0 Å². The molecule has 1 nitrogen and oxygen atoms in total. The summed E-state index contributed by atoms with van der Waals surface area (Å²) in [4.78, 5) is 0. The molecule has 0 saturated heterocycles. The fraction of sp³-hybridized carbons (Fsp3) is 0.500. The van der Waals surface area contributed by atoms with Crippen LogP contribution in [0.4, 0.5) is 0 Å². The van der Waals surface area contributed by atoms with Gasteiger partial charge in [-0.25, -0.2) is 0 Å². The topological polar surface area (TPSA) is 23.9 Å². The lowest BCUT2D eigenvalue weighted by Crippen LogP contribution is -1.91. The minimum atomic E-state index is 0.167. The van der Waals surface area contributed by atoms with Gasteiger partial charge in [-0.15, -0.1) is 0 Å². The van der Waals surface area contributed by atoms with Crippen molar-refractivity contribution in [3.05, 3.63) is 0 Å². The van der Waals surface area contributed by atoms with Crippen molar-refractivity contribution in [1.82, 2.24) is 0 Å². The number of nitrogens with one attached hydrogen (secondary N) is 1. The Bertz CT molecular complexity index is 52.6. The van der Waals surface area contributed by atoms with E-state index in [-0.39, 0.29) is 5.92 Å². The van der Waals surface area contributed by atoms with Crippen LogP contribution in [0.15, 0.2) is 0 Å². The van der Waals surface area contributed by atoms with Gasteiger partial charge < -0.3 is 5.41 Å². The maximum absolute atomic E-state index is 6.59. The zero-order valence-corrected chi connectivity index (χ0v) is 4.46. The van der Waals surface area contributed by atoms with E-state index in [1.807, 2.05) is 6.92 Å². The van der Waals surface area contributed by atoms with Gasteiger partial charge in [0, 0.05) is 12.1 Å². The second-order valence-corrected chi connectivity index (χ2v) is 1.43. The van der Waals surface area contributed by atoms with Crippen LogP contribution in [0.3, 0.4) is 0 Å². The highest BCUT2D eigenvalue weighted by Crippen LogP contribution is 1.79. The normalized spacial score (nSPS) is 12.8. The number of thiocarbonyl (C=S) groups is 1. The van der Waals surface area contributed by atoms with E-state index < -0.39 is 0 Å². The molecule has 1 atom stereocenters. The molecule has 0 aliphatic carbocycles. The Hall–Kier alpha value is -0.240. The standard InChI is InChI=1S/C4H7NS/c1-4(2-5)3-6/h2-5H,1H3/t4-/m1/s1. The Balaban J connectivity index is 3.21. The third-order valence-corrected chi connectivity index (χ3v) is 0.907. The minimum Gasteiger partial charge on any atom is -0.312 e. The lowest BCUT2D eigenvalue weighted by Gasteiger charge is -1.84. The quantitative estimate of drug-likeness (QED) is 0.411. The van der Waals surface area contributed by atoms with E-state index in [9.17, 15) is 0 Å². The Morgan fingerprint density at radius 2 is 2.33 bits per heavy atom. The van der Waals surface area contributed by atoms with Crippen LogP contribution < -0.4 is 0 Å². The molecule has 0 aromatic heterocycles. The van der Waals surface area contributed by atoms with Crippen molar-refractivity contribution in [1.29, 1.82) is 5.41 Å². The maximum atomic E-state index is 6.59. The third kappa shape index (κ3) is 2.03. The first kappa shape index (κ1) is 5.76. The summed E-state index contributed by atoms with van der Waals surface area (Å²) >= 11 is 4.50. The van der Waals surface area contributed by atoms with E-state index in [0.717, 1.165) is 0 Å². The van der Waals surface area contributed by atoms with Crippen molar-refractivity contribution >= 4 is 23.8 Å². The molecule has 0 aromatic rings. The summed E-state index contributed by atoms with van der Waals surface area (Å²) in [6, 6.07) is 0. The molecule has 0 aliphatic heterocycles. The third-order valence-electron chi connectivity index (χ3n) is 0.478. The summed E-state index contributed by atoms with van der Waals surface area (Å²) in [5, 5.41) is 8.15. The molecule has 0 radical (unpaired) electrons. The average Bonchev–Trinajstić information content (AvgIpc) is 1.65. The monoisotopic (exact) mass is 101 g/mol. The van der Waals surface area contributed by atoms with Crippen LogP contribution in [-0.2, 0) is 0 Å². The molecular formula is C4H7NS. The van der Waals surface area contributed by atoms with Gasteiger partial charge in [0.2, 0.25) is 0 Å². The van der Waals surface area contributed by atoms with Gasteiger partial charge in [0.1, 0.15) is 0 Å². The SMILES string of the molecule is C[C@H](C=N)C=S. The van der Waals surface area contributed by atoms with Crippen LogP contribution >= 0.6 is 12.2 Å². The molecule has 0 aliphatic rings. The predicted octanol–water partition coefficient (Wildman–Crippen LogP) is 1.27. The first-order chi connectivity index (χ1) is 2.81. The fourth-order valence-electron chi connectivity index (χ4n) is 0.0393. The largest absolute Gasteiger partial charge is 0.312 e. The molecule has 0 spiro atoms. The van der Waals surface area contributed by atoms with E-state index in [1.54, 1.807) is 5.37 Å². The minimum absolute atomic E-state index is 0.167. The summed E-state index contributed by atoms with van der Waals surface area (Å²) in [6.45, 7) is 1.88. The maximum Gasteiger partial charge on any atom is 0.0191 e. The number of rotatable bonds is 2. The van der Waals surface area contributed by atoms with E-state index in [4.69, 9.17) is 5.41 Å². The van der Waals surface area contributed by atoms with Gasteiger partial charge in [-0.1, -0.05) is 19.1 Å². The fourth-order valence-corrected chi connectivity index (χ4v) is 0.118. The van der Waals surface area contributed by atoms with Crippen LogP contribution in [0.25, 0.3) is 0 Å². The molecule has 0 bridgehead atoms. The summed E-state index contributed by atoms with van der Waals surface area (Å²) < 4.78 is 0. The van der Waals surface area contributed by atoms with Crippen LogP contribution in [0.2, 0.25) is 0 Å². The van der Waals surface area contributed by atoms with Crippen LogP contribution in [0.5, 0.6) is 0 Å². The molecule has 0 unspecified atom stereocenters. The highest BCUT2D eigenvalue weighted by atomic mass is 32.1. The van der Waals surface area contributed by atoms with E-state index in [1.165, 1.54) is 6.21 Å².